The fourth-order valence-corrected chi connectivity index (χ4v) is 8.00. The Hall–Kier alpha value is -7.11. The molecular formula is C47H29N5. The van der Waals surface area contributed by atoms with Crippen molar-refractivity contribution in [2.24, 2.45) is 0 Å². The van der Waals surface area contributed by atoms with Gasteiger partial charge in [0, 0.05) is 38.5 Å². The van der Waals surface area contributed by atoms with Gasteiger partial charge in [-0.25, -0.2) is 4.98 Å². The Labute approximate surface area is 299 Å². The smallest absolute Gasteiger partial charge is 0.238 e. The van der Waals surface area contributed by atoms with Gasteiger partial charge in [-0.3, -0.25) is 4.57 Å². The SMILES string of the molecule is c1ccc(-c2nc(-c3cccc(N4c5cc6ccccc6cc5-c5cccc6cccc4c56)c3)nc(-n3c4ccccc4c4ccccc43)n2)cc1. The highest BCUT2D eigenvalue weighted by Gasteiger charge is 2.27. The molecule has 5 nitrogen and oxygen atoms in total. The highest BCUT2D eigenvalue weighted by molar-refractivity contribution is 6.15. The number of hydrogen-bond donors (Lipinski definition) is 0. The molecule has 0 fully saturated rings. The predicted molar refractivity (Wildman–Crippen MR) is 214 cm³/mol. The van der Waals surface area contributed by atoms with Gasteiger partial charge in [-0.1, -0.05) is 133 Å². The maximum Gasteiger partial charge on any atom is 0.238 e. The lowest BCUT2D eigenvalue weighted by Crippen LogP contribution is -2.15. The molecule has 0 bridgehead atoms. The summed E-state index contributed by atoms with van der Waals surface area (Å²) < 4.78 is 2.16. The monoisotopic (exact) mass is 663 g/mol. The molecule has 1 aliphatic rings. The summed E-state index contributed by atoms with van der Waals surface area (Å²) in [7, 11) is 0. The normalized spacial score (nSPS) is 12.2. The fraction of sp³-hybridized carbons (Fsp3) is 0. The van der Waals surface area contributed by atoms with Crippen LogP contribution in [0.4, 0.5) is 17.1 Å². The summed E-state index contributed by atoms with van der Waals surface area (Å²) in [6.45, 7) is 0. The molecule has 5 heteroatoms. The lowest BCUT2D eigenvalue weighted by atomic mass is 9.89. The van der Waals surface area contributed by atoms with Gasteiger partial charge in [0.15, 0.2) is 11.6 Å². The van der Waals surface area contributed by atoms with Crippen LogP contribution in [0.25, 0.3) is 83.2 Å². The molecule has 1 aliphatic heterocycles. The van der Waals surface area contributed by atoms with Gasteiger partial charge in [0.1, 0.15) is 0 Å². The molecule has 3 heterocycles. The Balaban J connectivity index is 1.15. The molecule has 0 N–H and O–H groups in total. The molecule has 2 aromatic heterocycles. The first kappa shape index (κ1) is 28.7. The Bertz CT molecular complexity index is 2980. The van der Waals surface area contributed by atoms with Crippen LogP contribution in [0, 0.1) is 0 Å². The number of hydrogen-bond acceptors (Lipinski definition) is 4. The first-order valence-corrected chi connectivity index (χ1v) is 17.5. The van der Waals surface area contributed by atoms with Crippen LogP contribution in [-0.4, -0.2) is 19.5 Å². The van der Waals surface area contributed by atoms with Crippen molar-refractivity contribution in [2.45, 2.75) is 0 Å². The van der Waals surface area contributed by atoms with Crippen LogP contribution >= 0.6 is 0 Å². The molecule has 10 aromatic rings. The summed E-state index contributed by atoms with van der Waals surface area (Å²) in [5, 5.41) is 7.22. The van der Waals surface area contributed by atoms with Crippen molar-refractivity contribution in [3.8, 4) is 39.9 Å². The summed E-state index contributed by atoms with van der Waals surface area (Å²) in [4.78, 5) is 17.9. The average molecular weight is 664 g/mol. The molecular weight excluding hydrogens is 635 g/mol. The van der Waals surface area contributed by atoms with E-state index in [1.165, 1.54) is 32.7 Å². The summed E-state index contributed by atoms with van der Waals surface area (Å²) in [6.07, 6.45) is 0. The maximum absolute atomic E-state index is 5.24. The van der Waals surface area contributed by atoms with Gasteiger partial charge < -0.3 is 4.90 Å². The third kappa shape index (κ3) is 4.33. The Morgan fingerprint density at radius 2 is 0.981 bits per heavy atom. The molecule has 0 saturated heterocycles. The first-order valence-electron chi connectivity index (χ1n) is 17.5. The van der Waals surface area contributed by atoms with Gasteiger partial charge in [-0.05, 0) is 64.2 Å². The minimum atomic E-state index is 0.583. The van der Waals surface area contributed by atoms with Crippen LogP contribution in [0.3, 0.4) is 0 Å². The zero-order valence-electron chi connectivity index (χ0n) is 28.0. The van der Waals surface area contributed by atoms with Gasteiger partial charge in [0.05, 0.1) is 22.4 Å². The number of nitrogens with zero attached hydrogens (tertiary/aromatic N) is 5. The third-order valence-electron chi connectivity index (χ3n) is 10.3. The molecule has 52 heavy (non-hydrogen) atoms. The number of para-hydroxylation sites is 2. The predicted octanol–water partition coefficient (Wildman–Crippen LogP) is 12.1. The van der Waals surface area contributed by atoms with Crippen molar-refractivity contribution in [1.82, 2.24) is 19.5 Å². The van der Waals surface area contributed by atoms with Crippen molar-refractivity contribution in [1.29, 1.82) is 0 Å². The summed E-state index contributed by atoms with van der Waals surface area (Å²) >= 11 is 0. The van der Waals surface area contributed by atoms with E-state index in [9.17, 15) is 0 Å². The quantitative estimate of drug-likeness (QED) is 0.188. The highest BCUT2D eigenvalue weighted by atomic mass is 15.2. The van der Waals surface area contributed by atoms with Crippen LogP contribution in [0.15, 0.2) is 176 Å². The number of fused-ring (bicyclic) bond motifs is 6. The van der Waals surface area contributed by atoms with E-state index in [0.717, 1.165) is 50.0 Å². The van der Waals surface area contributed by atoms with Gasteiger partial charge in [-0.15, -0.1) is 0 Å². The molecule has 0 radical (unpaired) electrons. The van der Waals surface area contributed by atoms with Crippen molar-refractivity contribution < 1.29 is 0 Å². The highest BCUT2D eigenvalue weighted by Crippen LogP contribution is 2.52. The number of anilines is 3. The second kappa shape index (κ2) is 11.2. The minimum absolute atomic E-state index is 0.583. The summed E-state index contributed by atoms with van der Waals surface area (Å²) in [5.74, 6) is 1.82. The zero-order chi connectivity index (χ0) is 34.2. The van der Waals surface area contributed by atoms with Crippen molar-refractivity contribution >= 4 is 60.4 Å². The Kier molecular flexibility index (Phi) is 6.18. The minimum Gasteiger partial charge on any atom is -0.309 e. The second-order valence-corrected chi connectivity index (χ2v) is 13.3. The zero-order valence-corrected chi connectivity index (χ0v) is 28.0. The van der Waals surface area contributed by atoms with Crippen molar-refractivity contribution in [3.05, 3.63) is 176 Å². The van der Waals surface area contributed by atoms with Crippen molar-refractivity contribution in [2.75, 3.05) is 4.90 Å². The lowest BCUT2D eigenvalue weighted by Gasteiger charge is -2.34. The van der Waals surface area contributed by atoms with Crippen molar-refractivity contribution in [3.63, 3.8) is 0 Å². The summed E-state index contributed by atoms with van der Waals surface area (Å²) in [5.41, 5.74) is 9.76. The number of aromatic nitrogens is 4. The fourth-order valence-electron chi connectivity index (χ4n) is 8.00. The van der Waals surface area contributed by atoms with Crippen LogP contribution < -0.4 is 4.90 Å². The topological polar surface area (TPSA) is 46.8 Å². The molecule has 11 rings (SSSR count). The first-order chi connectivity index (χ1) is 25.8. The van der Waals surface area contributed by atoms with E-state index >= 15 is 0 Å². The maximum atomic E-state index is 5.24. The number of benzene rings is 8. The molecule has 8 aromatic carbocycles. The molecule has 0 atom stereocenters. The van der Waals surface area contributed by atoms with Crippen LogP contribution in [0.1, 0.15) is 0 Å². The standard InChI is InChI=1S/C47H29N5/c1-2-13-31(14-3-1)45-48-46(50-47(49-45)52-40-24-8-6-21-36(40)37-22-7-9-25-41(37)52)34-19-10-20-35(27-34)51-42-26-12-18-30-17-11-23-38(44(30)42)39-28-32-15-4-5-16-33(32)29-43(39)51/h1-29H. The third-order valence-corrected chi connectivity index (χ3v) is 10.3. The number of rotatable bonds is 4. The van der Waals surface area contributed by atoms with Crippen LogP contribution in [0.2, 0.25) is 0 Å². The van der Waals surface area contributed by atoms with E-state index in [0.29, 0.717) is 17.6 Å². The van der Waals surface area contributed by atoms with E-state index in [-0.39, 0.29) is 0 Å². The largest absolute Gasteiger partial charge is 0.309 e. The van der Waals surface area contributed by atoms with E-state index in [4.69, 9.17) is 15.0 Å². The Morgan fingerprint density at radius 1 is 0.385 bits per heavy atom. The molecule has 0 spiro atoms. The van der Waals surface area contributed by atoms with E-state index in [1.807, 2.05) is 18.2 Å². The average Bonchev–Trinajstić information content (AvgIpc) is 3.55. The van der Waals surface area contributed by atoms with E-state index in [1.54, 1.807) is 0 Å². The van der Waals surface area contributed by atoms with E-state index < -0.39 is 0 Å². The molecule has 0 saturated carbocycles. The summed E-state index contributed by atoms with van der Waals surface area (Å²) in [6, 6.07) is 62.1. The van der Waals surface area contributed by atoms with Gasteiger partial charge in [0.2, 0.25) is 5.95 Å². The molecule has 0 amide bonds. The molecule has 242 valence electrons. The van der Waals surface area contributed by atoms with E-state index in [2.05, 4.69) is 167 Å². The van der Waals surface area contributed by atoms with Crippen LogP contribution in [0.5, 0.6) is 0 Å². The second-order valence-electron chi connectivity index (χ2n) is 13.3. The molecule has 0 aliphatic carbocycles. The van der Waals surface area contributed by atoms with Gasteiger partial charge in [-0.2, -0.15) is 9.97 Å². The lowest BCUT2D eigenvalue weighted by molar-refractivity contribution is 0.953. The van der Waals surface area contributed by atoms with Gasteiger partial charge in [0.25, 0.3) is 0 Å². The molecule has 0 unspecified atom stereocenters. The van der Waals surface area contributed by atoms with Crippen LogP contribution in [-0.2, 0) is 0 Å². The Morgan fingerprint density at radius 3 is 1.75 bits per heavy atom. The van der Waals surface area contributed by atoms with Gasteiger partial charge >= 0.3 is 0 Å².